The van der Waals surface area contributed by atoms with Gasteiger partial charge in [-0.2, -0.15) is 0 Å². The first kappa shape index (κ1) is 19.7. The van der Waals surface area contributed by atoms with E-state index in [4.69, 9.17) is 49.7 Å². The van der Waals surface area contributed by atoms with Crippen LogP contribution in [0.1, 0.15) is 20.8 Å². The summed E-state index contributed by atoms with van der Waals surface area (Å²) < 4.78 is 8.79. The molecular weight excluding hydrogens is 515 g/mol. The van der Waals surface area contributed by atoms with E-state index in [-0.39, 0.29) is 62.0 Å². The Morgan fingerprint density at radius 2 is 1.72 bits per heavy atom. The number of aliphatic hydroxyl groups is 1. The van der Waals surface area contributed by atoms with E-state index >= 15 is 0 Å². The van der Waals surface area contributed by atoms with E-state index < -0.39 is 22.1 Å². The molecule has 0 saturated carbocycles. The molecule has 1 fully saturated rings. The van der Waals surface area contributed by atoms with Crippen molar-refractivity contribution < 1.29 is 58.6 Å². The summed E-state index contributed by atoms with van der Waals surface area (Å²) in [6.07, 6.45) is -1.54. The summed E-state index contributed by atoms with van der Waals surface area (Å²) in [5.74, 6) is -0.811. The quantitative estimate of drug-likeness (QED) is 0.311. The van der Waals surface area contributed by atoms with Gasteiger partial charge in [-0.05, 0) is 6.92 Å². The van der Waals surface area contributed by atoms with Gasteiger partial charge in [0.1, 0.15) is 0 Å². The molecule has 0 spiro atoms. The number of hydrogen-bond acceptors (Lipinski definition) is 4. The fourth-order valence-corrected chi connectivity index (χ4v) is 1.83. The maximum atomic E-state index is 9.97. The first-order chi connectivity index (χ1) is 7.64. The van der Waals surface area contributed by atoms with Crippen molar-refractivity contribution >= 4 is 40.7 Å². The van der Waals surface area contributed by atoms with Crippen molar-refractivity contribution in [3.63, 3.8) is 0 Å². The van der Waals surface area contributed by atoms with E-state index in [1.165, 1.54) is 0 Å². The van der Waals surface area contributed by atoms with Crippen LogP contribution in [0.4, 0.5) is 0 Å². The predicted molar refractivity (Wildman–Crippen MR) is 67.8 cm³/mol. The molecule has 1 saturated heterocycles. The van der Waals surface area contributed by atoms with Crippen LogP contribution < -0.4 is 0 Å². The largest absolute Gasteiger partial charge is 0.448 e. The minimum absolute atomic E-state index is 0. The Hall–Kier alpha value is 1.70. The fraction of sp³-hybridized carbons (Fsp3) is 0.900. The molecule has 4 nitrogen and oxygen atoms in total. The van der Waals surface area contributed by atoms with Gasteiger partial charge < -0.3 is 14.6 Å². The summed E-state index contributed by atoms with van der Waals surface area (Å²) in [5.41, 5.74) is 0. The summed E-state index contributed by atoms with van der Waals surface area (Å²) in [7, 11) is 0. The minimum Gasteiger partial charge on any atom is -0.448 e. The van der Waals surface area contributed by atoms with Crippen LogP contribution in [-0.2, 0) is 9.47 Å². The van der Waals surface area contributed by atoms with Crippen LogP contribution in [-0.4, -0.2) is 33.3 Å². The molecule has 103 valence electrons. The number of aliphatic hydroxyl groups excluding tert-OH is 1. The number of halogens is 3. The van der Waals surface area contributed by atoms with Gasteiger partial charge in [-0.1, -0.05) is 48.7 Å². The second kappa shape index (κ2) is 7.64. The standard InChI is InChI=1S/C10H16Cl3NO3.Ac/c1-4-6(3)16-8(5(2)7(4)15)17-9(14)10(11,12)13;/h4-8,14-15H,1-3H3;/t4-,5?,6?,7?,8-;/m0./s1. The van der Waals surface area contributed by atoms with Crippen molar-refractivity contribution in [2.45, 2.75) is 43.1 Å². The molecule has 1 aliphatic rings. The minimum atomic E-state index is -1.92. The van der Waals surface area contributed by atoms with Crippen LogP contribution in [0.2, 0.25) is 0 Å². The Kier molecular flexibility index (Phi) is 8.36. The molecule has 0 aromatic rings. The molecule has 8 heteroatoms. The SMILES string of the molecule is CC1C(O)[C@@H](C)C(C)O[C@H]1OC(=N)C(Cl)(Cl)Cl.[Ac]. The molecule has 18 heavy (non-hydrogen) atoms. The van der Waals surface area contributed by atoms with Gasteiger partial charge >= 0.3 is 0 Å². The Bertz CT molecular complexity index is 301. The van der Waals surface area contributed by atoms with Crippen molar-refractivity contribution in [2.24, 2.45) is 11.8 Å². The normalized spacial score (nSPS) is 36.7. The Morgan fingerprint density at radius 1 is 1.22 bits per heavy atom. The number of ether oxygens (including phenoxy) is 2. The van der Waals surface area contributed by atoms with Crippen molar-refractivity contribution in [2.75, 3.05) is 0 Å². The molecule has 2 N–H and O–H groups in total. The third-order valence-electron chi connectivity index (χ3n) is 3.09. The van der Waals surface area contributed by atoms with E-state index in [0.29, 0.717) is 0 Å². The third-order valence-corrected chi connectivity index (χ3v) is 3.60. The Balaban J connectivity index is 0.00000289. The van der Waals surface area contributed by atoms with Crippen LogP contribution in [0.3, 0.4) is 0 Å². The van der Waals surface area contributed by atoms with Crippen molar-refractivity contribution in [1.29, 1.82) is 5.41 Å². The maximum absolute atomic E-state index is 9.97. The van der Waals surface area contributed by atoms with Gasteiger partial charge in [0.2, 0.25) is 12.2 Å². The Morgan fingerprint density at radius 3 is 2.17 bits per heavy atom. The number of rotatable bonds is 1. The number of hydrogen-bond donors (Lipinski definition) is 2. The summed E-state index contributed by atoms with van der Waals surface area (Å²) in [6, 6.07) is 0. The second-order valence-electron chi connectivity index (χ2n) is 4.36. The average molecular weight is 532 g/mol. The van der Waals surface area contributed by atoms with Crippen LogP contribution >= 0.6 is 34.8 Å². The zero-order valence-corrected chi connectivity index (χ0v) is 17.4. The van der Waals surface area contributed by atoms with Crippen LogP contribution in [0.5, 0.6) is 0 Å². The number of nitrogens with one attached hydrogen (secondary N) is 1. The predicted octanol–water partition coefficient (Wildman–Crippen LogP) is 2.73. The van der Waals surface area contributed by atoms with E-state index in [9.17, 15) is 5.11 Å². The number of alkyl halides is 3. The van der Waals surface area contributed by atoms with Crippen molar-refractivity contribution in [1.82, 2.24) is 0 Å². The zero-order valence-electron chi connectivity index (χ0n) is 10.4. The van der Waals surface area contributed by atoms with Crippen molar-refractivity contribution in [3.8, 4) is 0 Å². The first-order valence-electron chi connectivity index (χ1n) is 5.30. The van der Waals surface area contributed by atoms with Gasteiger partial charge in [0, 0.05) is 55.9 Å². The van der Waals surface area contributed by atoms with Gasteiger partial charge in [-0.25, -0.2) is 0 Å². The molecule has 0 bridgehead atoms. The van der Waals surface area contributed by atoms with Gasteiger partial charge in [0.15, 0.2) is 0 Å². The first-order valence-corrected chi connectivity index (χ1v) is 6.44. The van der Waals surface area contributed by atoms with Crippen LogP contribution in [0, 0.1) is 61.3 Å². The zero-order chi connectivity index (χ0) is 13.4. The molecule has 1 aliphatic heterocycles. The third kappa shape index (κ3) is 4.91. The summed E-state index contributed by atoms with van der Waals surface area (Å²) in [4.78, 5) is 0. The molecule has 3 unspecified atom stereocenters. The van der Waals surface area contributed by atoms with Crippen LogP contribution in [0.25, 0.3) is 0 Å². The van der Waals surface area contributed by atoms with E-state index in [0.717, 1.165) is 0 Å². The molecule has 0 aliphatic carbocycles. The van der Waals surface area contributed by atoms with Gasteiger partial charge in [0.05, 0.1) is 12.2 Å². The molecular formula is C10H16AcCl3NO3. The van der Waals surface area contributed by atoms with Gasteiger partial charge in [-0.15, -0.1) is 0 Å². The molecule has 1 radical (unpaired) electrons. The summed E-state index contributed by atoms with van der Waals surface area (Å²) in [6.45, 7) is 5.49. The smallest absolute Gasteiger partial charge is 0.265 e. The van der Waals surface area contributed by atoms with Crippen molar-refractivity contribution in [3.05, 3.63) is 0 Å². The molecule has 0 amide bonds. The van der Waals surface area contributed by atoms with Gasteiger partial charge in [-0.3, -0.25) is 5.41 Å². The van der Waals surface area contributed by atoms with Gasteiger partial charge in [0.25, 0.3) is 3.79 Å². The second-order valence-corrected chi connectivity index (χ2v) is 6.64. The van der Waals surface area contributed by atoms with E-state index in [1.807, 2.05) is 13.8 Å². The van der Waals surface area contributed by atoms with Crippen LogP contribution in [0.15, 0.2) is 0 Å². The summed E-state index contributed by atoms with van der Waals surface area (Å²) >= 11 is 16.5. The maximum Gasteiger partial charge on any atom is 0.265 e. The molecule has 0 aromatic carbocycles. The van der Waals surface area contributed by atoms with E-state index in [2.05, 4.69) is 0 Å². The molecule has 1 rings (SSSR count). The molecule has 0 aromatic heterocycles. The molecule has 1 heterocycles. The van der Waals surface area contributed by atoms with E-state index in [1.54, 1.807) is 6.92 Å². The topological polar surface area (TPSA) is 62.5 Å². The average Bonchev–Trinajstić information content (AvgIpc) is 2.21. The monoisotopic (exact) mass is 530 g/mol. The Labute approximate surface area is 158 Å². The summed E-state index contributed by atoms with van der Waals surface area (Å²) in [5, 5.41) is 17.4. The fourth-order valence-electron chi connectivity index (χ4n) is 1.69. The molecule has 5 atom stereocenters.